The maximum Gasteiger partial charge on any atom is 0.291 e. The smallest absolute Gasteiger partial charge is 0.291 e. The third-order valence-corrected chi connectivity index (χ3v) is 8.57. The summed E-state index contributed by atoms with van der Waals surface area (Å²) in [4.78, 5) is 18.6. The molecule has 0 saturated heterocycles. The molecule has 0 spiro atoms. The van der Waals surface area contributed by atoms with E-state index >= 15 is 0 Å². The van der Waals surface area contributed by atoms with Crippen LogP contribution in [0.2, 0.25) is 0 Å². The minimum atomic E-state index is -0.238. The molecule has 0 aliphatic carbocycles. The standard InChI is InChI=1S/C38H37N5O4S/c1-4-6-7-11-23-46-31-18-16-28(17-19-31)36-29(26-42(41-36)30-12-9-8-10-13-30)25-34-37(44)43-38(48-34)39-35(40-43)21-15-27-14-20-32(47-22-5-2)33(24-27)45-3/h5,8-10,12-21,24-26H,2,4,6-7,11,22-23H2,1,3H3/b21-15+,34-25-. The molecule has 0 fully saturated rings. The van der Waals surface area contributed by atoms with E-state index in [9.17, 15) is 4.79 Å². The molecule has 0 unspecified atom stereocenters. The van der Waals surface area contributed by atoms with Gasteiger partial charge in [0.25, 0.3) is 5.56 Å². The minimum Gasteiger partial charge on any atom is -0.494 e. The summed E-state index contributed by atoms with van der Waals surface area (Å²) in [6.07, 6.45) is 13.7. The molecule has 0 amide bonds. The zero-order chi connectivity index (χ0) is 33.3. The second-order valence-electron chi connectivity index (χ2n) is 11.1. The number of benzene rings is 3. The van der Waals surface area contributed by atoms with Crippen molar-refractivity contribution in [2.24, 2.45) is 0 Å². The fourth-order valence-corrected chi connectivity index (χ4v) is 6.05. The second kappa shape index (κ2) is 15.4. The topological polar surface area (TPSA) is 92.8 Å². The van der Waals surface area contributed by atoms with Crippen molar-refractivity contribution in [3.8, 4) is 34.2 Å². The van der Waals surface area contributed by atoms with Gasteiger partial charge in [-0.2, -0.15) is 14.6 Å². The number of rotatable bonds is 15. The number of fused-ring (bicyclic) bond motifs is 1. The van der Waals surface area contributed by atoms with Crippen molar-refractivity contribution in [1.29, 1.82) is 0 Å². The van der Waals surface area contributed by atoms with Gasteiger partial charge in [-0.25, -0.2) is 4.68 Å². The van der Waals surface area contributed by atoms with Gasteiger partial charge in [0.1, 0.15) is 18.1 Å². The highest BCUT2D eigenvalue weighted by Crippen LogP contribution is 2.29. The van der Waals surface area contributed by atoms with Gasteiger partial charge in [-0.15, -0.1) is 5.10 Å². The van der Waals surface area contributed by atoms with Gasteiger partial charge in [-0.1, -0.05) is 80.5 Å². The van der Waals surface area contributed by atoms with Crippen LogP contribution in [0.5, 0.6) is 17.2 Å². The van der Waals surface area contributed by atoms with Crippen LogP contribution in [0.1, 0.15) is 49.6 Å². The van der Waals surface area contributed by atoms with Crippen LogP contribution in [0.3, 0.4) is 0 Å². The van der Waals surface area contributed by atoms with Crippen molar-refractivity contribution < 1.29 is 14.2 Å². The van der Waals surface area contributed by atoms with Gasteiger partial charge in [0.15, 0.2) is 17.3 Å². The summed E-state index contributed by atoms with van der Waals surface area (Å²) >= 11 is 1.29. The Bertz CT molecular complexity index is 2130. The molecule has 9 nitrogen and oxygen atoms in total. The van der Waals surface area contributed by atoms with Crippen LogP contribution in [-0.4, -0.2) is 44.7 Å². The number of nitrogens with zero attached hydrogens (tertiary/aromatic N) is 5. The predicted molar refractivity (Wildman–Crippen MR) is 192 cm³/mol. The summed E-state index contributed by atoms with van der Waals surface area (Å²) in [5.41, 5.74) is 4.04. The fourth-order valence-electron chi connectivity index (χ4n) is 5.15. The van der Waals surface area contributed by atoms with E-state index in [1.807, 2.05) is 95.8 Å². The van der Waals surface area contributed by atoms with Gasteiger partial charge in [0.05, 0.1) is 23.9 Å². The van der Waals surface area contributed by atoms with E-state index in [-0.39, 0.29) is 5.56 Å². The van der Waals surface area contributed by atoms with Crippen molar-refractivity contribution in [2.75, 3.05) is 20.3 Å². The van der Waals surface area contributed by atoms with Gasteiger partial charge in [-0.05, 0) is 72.7 Å². The van der Waals surface area contributed by atoms with Crippen LogP contribution in [0.4, 0.5) is 0 Å². The third kappa shape index (κ3) is 7.56. The highest BCUT2D eigenvalue weighted by atomic mass is 32.1. The summed E-state index contributed by atoms with van der Waals surface area (Å²) in [5.74, 6) is 2.50. The van der Waals surface area contributed by atoms with E-state index in [1.54, 1.807) is 19.3 Å². The molecule has 0 radical (unpaired) electrons. The van der Waals surface area contributed by atoms with Crippen LogP contribution in [-0.2, 0) is 0 Å². The highest BCUT2D eigenvalue weighted by Gasteiger charge is 2.14. The van der Waals surface area contributed by atoms with Crippen LogP contribution in [0.25, 0.3) is 40.1 Å². The highest BCUT2D eigenvalue weighted by molar-refractivity contribution is 7.15. The number of methoxy groups -OCH3 is 1. The molecule has 10 heteroatoms. The Balaban J connectivity index is 1.27. The Morgan fingerprint density at radius 3 is 2.50 bits per heavy atom. The summed E-state index contributed by atoms with van der Waals surface area (Å²) < 4.78 is 20.7. The number of unbranched alkanes of at least 4 members (excludes halogenated alkanes) is 3. The predicted octanol–water partition coefficient (Wildman–Crippen LogP) is 7.25. The molecule has 0 atom stereocenters. The first kappa shape index (κ1) is 32.5. The van der Waals surface area contributed by atoms with Crippen molar-refractivity contribution >= 4 is 34.5 Å². The molecular formula is C38H37N5O4S. The number of para-hydroxylation sites is 1. The molecule has 3 aromatic carbocycles. The van der Waals surface area contributed by atoms with E-state index in [1.165, 1.54) is 35.1 Å². The molecule has 244 valence electrons. The molecule has 6 aromatic rings. The number of ether oxygens (including phenoxy) is 3. The van der Waals surface area contributed by atoms with Gasteiger partial charge < -0.3 is 14.2 Å². The summed E-state index contributed by atoms with van der Waals surface area (Å²) in [7, 11) is 1.59. The zero-order valence-corrected chi connectivity index (χ0v) is 27.9. The van der Waals surface area contributed by atoms with Crippen LogP contribution >= 0.6 is 11.3 Å². The monoisotopic (exact) mass is 659 g/mol. The van der Waals surface area contributed by atoms with Gasteiger partial charge in [0.2, 0.25) is 4.96 Å². The lowest BCUT2D eigenvalue weighted by Crippen LogP contribution is -2.23. The van der Waals surface area contributed by atoms with Crippen molar-refractivity contribution in [3.63, 3.8) is 0 Å². The first-order chi connectivity index (χ1) is 23.6. The Morgan fingerprint density at radius 2 is 1.75 bits per heavy atom. The largest absolute Gasteiger partial charge is 0.494 e. The number of hydrogen-bond acceptors (Lipinski definition) is 8. The summed E-state index contributed by atoms with van der Waals surface area (Å²) in [5, 5.41) is 9.39. The molecule has 0 saturated carbocycles. The Labute approximate surface area is 283 Å². The lowest BCUT2D eigenvalue weighted by molar-refractivity contribution is 0.305. The molecule has 0 aliphatic rings. The Kier molecular flexibility index (Phi) is 10.4. The van der Waals surface area contributed by atoms with Crippen molar-refractivity contribution in [2.45, 2.75) is 32.6 Å². The van der Waals surface area contributed by atoms with Crippen molar-refractivity contribution in [3.05, 3.63) is 123 Å². The molecule has 3 heterocycles. The molecule has 48 heavy (non-hydrogen) atoms. The Hall–Kier alpha value is -5.48. The maximum absolute atomic E-state index is 13.5. The first-order valence-electron chi connectivity index (χ1n) is 16.0. The average molecular weight is 660 g/mol. The van der Waals surface area contributed by atoms with Crippen molar-refractivity contribution in [1.82, 2.24) is 24.4 Å². The van der Waals surface area contributed by atoms with Gasteiger partial charge in [-0.3, -0.25) is 4.79 Å². The van der Waals surface area contributed by atoms with Crippen LogP contribution < -0.4 is 24.3 Å². The van der Waals surface area contributed by atoms with Gasteiger partial charge >= 0.3 is 0 Å². The number of hydrogen-bond donors (Lipinski definition) is 0. The Morgan fingerprint density at radius 1 is 0.917 bits per heavy atom. The zero-order valence-electron chi connectivity index (χ0n) is 27.0. The SMILES string of the molecule is C=CCOc1ccc(/C=C/c2nc3s/c(=C\c4cn(-c5ccccc5)nc4-c4ccc(OCCCCCC)cc4)c(=O)n3n2)cc1OC. The first-order valence-corrected chi connectivity index (χ1v) is 16.8. The van der Waals surface area contributed by atoms with E-state index in [0.717, 1.165) is 40.2 Å². The second-order valence-corrected chi connectivity index (χ2v) is 12.1. The molecular weight excluding hydrogens is 623 g/mol. The third-order valence-electron chi connectivity index (χ3n) is 7.61. The fraction of sp³-hybridized carbons (Fsp3) is 0.211. The summed E-state index contributed by atoms with van der Waals surface area (Å²) in [6, 6.07) is 23.5. The maximum atomic E-state index is 13.5. The number of aromatic nitrogens is 5. The normalized spacial score (nSPS) is 11.8. The van der Waals surface area contributed by atoms with E-state index in [4.69, 9.17) is 19.3 Å². The van der Waals surface area contributed by atoms with E-state index < -0.39 is 0 Å². The quantitative estimate of drug-likeness (QED) is 0.0847. The van der Waals surface area contributed by atoms with E-state index in [2.05, 4.69) is 23.6 Å². The average Bonchev–Trinajstić information content (AvgIpc) is 3.81. The van der Waals surface area contributed by atoms with Crippen LogP contribution in [0.15, 0.2) is 96.4 Å². The van der Waals surface area contributed by atoms with Crippen LogP contribution in [0, 0.1) is 0 Å². The molecule has 3 aromatic heterocycles. The minimum absolute atomic E-state index is 0.238. The van der Waals surface area contributed by atoms with E-state index in [0.29, 0.717) is 40.0 Å². The summed E-state index contributed by atoms with van der Waals surface area (Å²) in [6.45, 7) is 6.97. The lowest BCUT2D eigenvalue weighted by atomic mass is 10.1. The van der Waals surface area contributed by atoms with Gasteiger partial charge in [0, 0.05) is 17.3 Å². The molecule has 0 N–H and O–H groups in total. The number of thiazole rings is 1. The molecule has 0 aliphatic heterocycles. The molecule has 6 rings (SSSR count). The lowest BCUT2D eigenvalue weighted by Gasteiger charge is -2.09. The molecule has 0 bridgehead atoms.